The molecule has 1 aromatic carbocycles. The summed E-state index contributed by atoms with van der Waals surface area (Å²) in [6.07, 6.45) is 0. The number of benzene rings is 1. The highest BCUT2D eigenvalue weighted by Gasteiger charge is 2.44. The van der Waals surface area contributed by atoms with Crippen molar-refractivity contribution in [3.63, 3.8) is 0 Å². The van der Waals surface area contributed by atoms with Crippen LogP contribution in [0.5, 0.6) is 0 Å². The predicted molar refractivity (Wildman–Crippen MR) is 86.5 cm³/mol. The molecule has 1 fully saturated rings. The zero-order valence-electron chi connectivity index (χ0n) is 13.8. The van der Waals surface area contributed by atoms with E-state index in [2.05, 4.69) is 0 Å². The summed E-state index contributed by atoms with van der Waals surface area (Å²) in [5.74, 6) is 1.13. The maximum atomic E-state index is 12.9. The second-order valence-corrected chi connectivity index (χ2v) is 9.09. The van der Waals surface area contributed by atoms with Crippen LogP contribution < -0.4 is 4.89 Å². The first-order valence-electron chi connectivity index (χ1n) is 7.57. The van der Waals surface area contributed by atoms with Crippen molar-refractivity contribution in [1.29, 1.82) is 0 Å². The summed E-state index contributed by atoms with van der Waals surface area (Å²) in [5.41, 5.74) is 0.750. The van der Waals surface area contributed by atoms with Crippen LogP contribution in [-0.2, 0) is 13.8 Å². The van der Waals surface area contributed by atoms with Crippen molar-refractivity contribution in [3.05, 3.63) is 41.2 Å². The van der Waals surface area contributed by atoms with Gasteiger partial charge in [-0.05, 0) is 25.5 Å². The molecule has 1 aromatic rings. The molecular formula is C17H21O5P. The molecule has 0 N–H and O–H groups in total. The fraction of sp³-hybridized carbons (Fsp3) is 0.471. The summed E-state index contributed by atoms with van der Waals surface area (Å²) in [6.45, 7) is 8.24. The molecule has 0 unspecified atom stereocenters. The Morgan fingerprint density at radius 2 is 1.65 bits per heavy atom. The zero-order chi connectivity index (χ0) is 16.9. The van der Waals surface area contributed by atoms with Crippen LogP contribution in [0.3, 0.4) is 0 Å². The van der Waals surface area contributed by atoms with Crippen LogP contribution >= 0.6 is 7.94 Å². The van der Waals surface area contributed by atoms with Crippen molar-refractivity contribution in [2.24, 2.45) is 5.41 Å². The number of rotatable bonds is 1. The van der Waals surface area contributed by atoms with Crippen LogP contribution in [-0.4, -0.2) is 24.8 Å². The minimum atomic E-state index is -3.37. The van der Waals surface area contributed by atoms with Gasteiger partial charge in [0.1, 0.15) is 24.6 Å². The third kappa shape index (κ3) is 3.20. The number of hydrogen-bond donors (Lipinski definition) is 0. The molecule has 2 aliphatic heterocycles. The smallest absolute Gasteiger partial charge is 0.339 e. The number of cyclic esters (lactones) is 1. The van der Waals surface area contributed by atoms with Crippen molar-refractivity contribution < 1.29 is 23.5 Å². The largest absolute Gasteiger partial charge is 0.628 e. The number of carbonyl (C=O) groups is 1. The topological polar surface area (TPSA) is 67.8 Å². The number of carbonyl (C=O) groups excluding carboxylic acids is 1. The Hall–Kier alpha value is -1.26. The molecule has 5 nitrogen and oxygen atoms in total. The van der Waals surface area contributed by atoms with Gasteiger partial charge in [-0.25, -0.2) is 13.8 Å². The average molecular weight is 336 g/mol. The lowest BCUT2D eigenvalue weighted by Gasteiger charge is -2.39. The normalized spacial score (nSPS) is 26.5. The van der Waals surface area contributed by atoms with Crippen molar-refractivity contribution in [3.8, 4) is 0 Å². The second kappa shape index (κ2) is 5.38. The minimum absolute atomic E-state index is 0.168. The lowest BCUT2D eigenvalue weighted by molar-refractivity contribution is -0.228. The standard InChI is InChI=1S/C17H21O5P/c1-16(2)10-20-23(19,21-11-16)9-14-12-7-5-6-8-13(12)15(18)22-17(14,3)4/h5-9H,10-11H2,1-4H3/b14-9+. The Morgan fingerprint density at radius 3 is 2.26 bits per heavy atom. The Balaban J connectivity index is 2.03. The SMILES string of the molecule is CC1(C)CO[P+]([O-])(/C=C2\c3ccccc3C(=O)OC2(C)C)OC1. The van der Waals surface area contributed by atoms with Crippen LogP contribution in [0.2, 0.25) is 0 Å². The minimum Gasteiger partial charge on any atom is -0.628 e. The molecule has 0 spiro atoms. The molecule has 0 aromatic heterocycles. The molecule has 0 radical (unpaired) electrons. The molecule has 124 valence electrons. The highest BCUT2D eigenvalue weighted by Crippen LogP contribution is 2.61. The Morgan fingerprint density at radius 1 is 1.09 bits per heavy atom. The second-order valence-electron chi connectivity index (χ2n) is 7.24. The molecule has 0 aliphatic carbocycles. The number of ether oxygens (including phenoxy) is 1. The van der Waals surface area contributed by atoms with Crippen LogP contribution in [0.1, 0.15) is 43.6 Å². The van der Waals surface area contributed by atoms with E-state index in [1.165, 1.54) is 5.82 Å². The van der Waals surface area contributed by atoms with Gasteiger partial charge in [0.25, 0.3) is 7.94 Å². The Bertz CT molecular complexity index is 667. The van der Waals surface area contributed by atoms with E-state index in [4.69, 9.17) is 13.8 Å². The third-order valence-electron chi connectivity index (χ3n) is 3.99. The van der Waals surface area contributed by atoms with E-state index in [0.29, 0.717) is 29.9 Å². The van der Waals surface area contributed by atoms with Crippen LogP contribution in [0.15, 0.2) is 30.1 Å². The molecule has 0 atom stereocenters. The van der Waals surface area contributed by atoms with Gasteiger partial charge in [0.05, 0.1) is 5.56 Å². The maximum absolute atomic E-state index is 12.9. The third-order valence-corrected chi connectivity index (χ3v) is 5.54. The van der Waals surface area contributed by atoms with Gasteiger partial charge in [-0.3, -0.25) is 0 Å². The number of esters is 1. The van der Waals surface area contributed by atoms with Gasteiger partial charge >= 0.3 is 5.97 Å². The van der Waals surface area contributed by atoms with Gasteiger partial charge in [-0.1, -0.05) is 32.0 Å². The first-order valence-corrected chi connectivity index (χ1v) is 9.18. The highest BCUT2D eigenvalue weighted by molar-refractivity contribution is 7.62. The Kier molecular flexibility index (Phi) is 3.88. The van der Waals surface area contributed by atoms with Gasteiger partial charge in [0, 0.05) is 11.0 Å². The average Bonchev–Trinajstić information content (AvgIpc) is 2.47. The molecule has 0 saturated carbocycles. The number of hydrogen-bond acceptors (Lipinski definition) is 5. The summed E-state index contributed by atoms with van der Waals surface area (Å²) < 4.78 is 16.6. The molecule has 2 aliphatic rings. The first-order chi connectivity index (χ1) is 10.6. The number of fused-ring (bicyclic) bond motifs is 1. The van der Waals surface area contributed by atoms with E-state index < -0.39 is 13.5 Å². The summed E-state index contributed by atoms with van der Waals surface area (Å²) in [6, 6.07) is 7.13. The maximum Gasteiger partial charge on any atom is 0.339 e. The lowest BCUT2D eigenvalue weighted by Crippen LogP contribution is -2.37. The monoisotopic (exact) mass is 336 g/mol. The molecule has 1 saturated heterocycles. The molecule has 3 rings (SSSR count). The van der Waals surface area contributed by atoms with E-state index in [1.54, 1.807) is 26.0 Å². The van der Waals surface area contributed by atoms with Crippen LogP contribution in [0.4, 0.5) is 0 Å². The Labute approximate surface area is 136 Å². The molecular weight excluding hydrogens is 315 g/mol. The fourth-order valence-electron chi connectivity index (χ4n) is 2.63. The van der Waals surface area contributed by atoms with Crippen molar-refractivity contribution >= 4 is 19.5 Å². The van der Waals surface area contributed by atoms with Gasteiger partial charge in [-0.2, -0.15) is 0 Å². The van der Waals surface area contributed by atoms with Gasteiger partial charge in [-0.15, -0.1) is 0 Å². The summed E-state index contributed by atoms with van der Waals surface area (Å²) >= 11 is 0. The molecule has 6 heteroatoms. The van der Waals surface area contributed by atoms with E-state index in [1.807, 2.05) is 26.0 Å². The first kappa shape index (κ1) is 16.6. The van der Waals surface area contributed by atoms with Gasteiger partial charge in [0.2, 0.25) is 0 Å². The lowest BCUT2D eigenvalue weighted by atomic mass is 9.87. The molecule has 2 heterocycles. The predicted octanol–water partition coefficient (Wildman–Crippen LogP) is 3.17. The van der Waals surface area contributed by atoms with E-state index in [0.717, 1.165) is 0 Å². The molecule has 0 bridgehead atoms. The summed E-state index contributed by atoms with van der Waals surface area (Å²) in [4.78, 5) is 25.0. The highest BCUT2D eigenvalue weighted by atomic mass is 31.2. The quantitative estimate of drug-likeness (QED) is 0.582. The van der Waals surface area contributed by atoms with E-state index >= 15 is 0 Å². The van der Waals surface area contributed by atoms with Crippen molar-refractivity contribution in [2.75, 3.05) is 13.2 Å². The van der Waals surface area contributed by atoms with Crippen LogP contribution in [0.25, 0.3) is 5.57 Å². The zero-order valence-corrected chi connectivity index (χ0v) is 14.7. The van der Waals surface area contributed by atoms with Crippen molar-refractivity contribution in [2.45, 2.75) is 33.3 Å². The molecule has 23 heavy (non-hydrogen) atoms. The van der Waals surface area contributed by atoms with Gasteiger partial charge < -0.3 is 9.63 Å². The van der Waals surface area contributed by atoms with Gasteiger partial charge in [0.15, 0.2) is 0 Å². The van der Waals surface area contributed by atoms with Crippen LogP contribution in [0, 0.1) is 5.41 Å². The molecule has 0 amide bonds. The summed E-state index contributed by atoms with van der Waals surface area (Å²) in [5, 5.41) is 0. The van der Waals surface area contributed by atoms with Crippen molar-refractivity contribution in [1.82, 2.24) is 0 Å². The fourth-order valence-corrected chi connectivity index (χ4v) is 4.68. The van der Waals surface area contributed by atoms with E-state index in [-0.39, 0.29) is 11.4 Å². The van der Waals surface area contributed by atoms with E-state index in [9.17, 15) is 9.69 Å². The summed E-state index contributed by atoms with van der Waals surface area (Å²) in [7, 11) is -3.37.